The molecule has 6 nitrogen and oxygen atoms in total. The molecule has 0 atom stereocenters. The fourth-order valence-corrected chi connectivity index (χ4v) is 3.65. The number of nitrogens with zero attached hydrogens (tertiary/aromatic N) is 1. The Balaban J connectivity index is 1.85. The Morgan fingerprint density at radius 3 is 2.70 bits per heavy atom. The highest BCUT2D eigenvalue weighted by atomic mass is 32.2. The smallest absolute Gasteiger partial charge is 0.241 e. The minimum atomic E-state index is -3.79. The number of rotatable bonds is 3. The van der Waals surface area contributed by atoms with Crippen molar-refractivity contribution in [3.63, 3.8) is 0 Å². The molecular formula is C13H18N2O4S. The van der Waals surface area contributed by atoms with E-state index in [4.69, 9.17) is 14.6 Å². The van der Waals surface area contributed by atoms with Crippen molar-refractivity contribution in [2.75, 3.05) is 38.3 Å². The molecular weight excluding hydrogens is 280 g/mol. The summed E-state index contributed by atoms with van der Waals surface area (Å²) in [6.07, 6.45) is 1.07. The van der Waals surface area contributed by atoms with Crippen molar-refractivity contribution < 1.29 is 17.9 Å². The van der Waals surface area contributed by atoms with Crippen molar-refractivity contribution in [2.45, 2.75) is 11.3 Å². The van der Waals surface area contributed by atoms with Crippen LogP contribution in [0.1, 0.15) is 6.42 Å². The molecule has 2 N–H and O–H groups in total. The van der Waals surface area contributed by atoms with E-state index >= 15 is 0 Å². The van der Waals surface area contributed by atoms with Crippen LogP contribution in [0.3, 0.4) is 0 Å². The monoisotopic (exact) mass is 298 g/mol. The fraction of sp³-hybridized carbons (Fsp3) is 0.538. The van der Waals surface area contributed by atoms with Gasteiger partial charge in [0.2, 0.25) is 10.0 Å². The third kappa shape index (κ3) is 2.25. The predicted octanol–water partition coefficient (Wildman–Crippen LogP) is 0.569. The zero-order chi connectivity index (χ0) is 14.4. The first-order valence-corrected chi connectivity index (χ1v) is 8.02. The van der Waals surface area contributed by atoms with Crippen molar-refractivity contribution in [3.8, 4) is 5.75 Å². The lowest BCUT2D eigenvalue weighted by atomic mass is 9.79. The van der Waals surface area contributed by atoms with E-state index in [0.717, 1.165) is 38.4 Å². The molecule has 2 fully saturated rings. The quantitative estimate of drug-likeness (QED) is 0.882. The minimum Gasteiger partial charge on any atom is -0.495 e. The van der Waals surface area contributed by atoms with Gasteiger partial charge >= 0.3 is 0 Å². The maximum atomic E-state index is 11.6. The molecule has 0 radical (unpaired) electrons. The number of anilines is 1. The van der Waals surface area contributed by atoms with Gasteiger partial charge in [-0.3, -0.25) is 0 Å². The van der Waals surface area contributed by atoms with Crippen molar-refractivity contribution >= 4 is 15.7 Å². The molecule has 2 heterocycles. The van der Waals surface area contributed by atoms with E-state index in [2.05, 4.69) is 4.90 Å². The number of ether oxygens (including phenoxy) is 2. The summed E-state index contributed by atoms with van der Waals surface area (Å²) in [7, 11) is -2.36. The minimum absolute atomic E-state index is 0.0288. The number of nitrogens with two attached hydrogens (primary N) is 1. The third-order valence-electron chi connectivity index (χ3n) is 4.06. The van der Waals surface area contributed by atoms with Crippen molar-refractivity contribution in [3.05, 3.63) is 18.2 Å². The summed E-state index contributed by atoms with van der Waals surface area (Å²) in [5.41, 5.74) is 1.11. The lowest BCUT2D eigenvalue weighted by Crippen LogP contribution is -2.57. The molecule has 0 saturated carbocycles. The molecule has 0 aromatic heterocycles. The van der Waals surface area contributed by atoms with Gasteiger partial charge in [-0.05, 0) is 24.6 Å². The molecule has 0 bridgehead atoms. The highest BCUT2D eigenvalue weighted by Gasteiger charge is 2.46. The third-order valence-corrected chi connectivity index (χ3v) is 4.99. The molecule has 7 heteroatoms. The van der Waals surface area contributed by atoms with Gasteiger partial charge in [0.1, 0.15) is 10.6 Å². The van der Waals surface area contributed by atoms with Gasteiger partial charge < -0.3 is 14.4 Å². The average molecular weight is 298 g/mol. The van der Waals surface area contributed by atoms with Crippen LogP contribution >= 0.6 is 0 Å². The Hall–Kier alpha value is -1.31. The van der Waals surface area contributed by atoms with E-state index in [1.807, 2.05) is 6.07 Å². The second-order valence-electron chi connectivity index (χ2n) is 5.54. The standard InChI is InChI=1S/C13H18N2O4S/c1-18-11-3-2-10(6-12(11)20(14,16)17)15-7-13(8-15)4-5-19-9-13/h2-3,6H,4-5,7-9H2,1H3,(H2,14,16,17). The number of sulfonamides is 1. The Morgan fingerprint density at radius 1 is 1.40 bits per heavy atom. The maximum absolute atomic E-state index is 11.6. The molecule has 1 aromatic carbocycles. The van der Waals surface area contributed by atoms with Gasteiger partial charge in [0.05, 0.1) is 13.7 Å². The number of hydrogen-bond acceptors (Lipinski definition) is 5. The Bertz CT molecular complexity index is 615. The average Bonchev–Trinajstić information content (AvgIpc) is 2.84. The lowest BCUT2D eigenvalue weighted by molar-refractivity contribution is 0.131. The van der Waals surface area contributed by atoms with Gasteiger partial charge in [0, 0.05) is 30.8 Å². The van der Waals surface area contributed by atoms with Crippen LogP contribution < -0.4 is 14.8 Å². The van der Waals surface area contributed by atoms with Crippen LogP contribution in [0.2, 0.25) is 0 Å². The van der Waals surface area contributed by atoms with Gasteiger partial charge in [-0.2, -0.15) is 0 Å². The molecule has 20 heavy (non-hydrogen) atoms. The summed E-state index contributed by atoms with van der Waals surface area (Å²) in [6, 6.07) is 5.08. The van der Waals surface area contributed by atoms with Crippen LogP contribution in [0.15, 0.2) is 23.1 Å². The number of methoxy groups -OCH3 is 1. The van der Waals surface area contributed by atoms with E-state index in [-0.39, 0.29) is 16.1 Å². The van der Waals surface area contributed by atoms with Crippen LogP contribution in [-0.4, -0.2) is 41.8 Å². The van der Waals surface area contributed by atoms with E-state index in [1.54, 1.807) is 12.1 Å². The highest BCUT2D eigenvalue weighted by Crippen LogP contribution is 2.41. The predicted molar refractivity (Wildman–Crippen MR) is 74.4 cm³/mol. The molecule has 1 spiro atoms. The van der Waals surface area contributed by atoms with Gasteiger partial charge in [-0.15, -0.1) is 0 Å². The number of hydrogen-bond donors (Lipinski definition) is 1. The second-order valence-corrected chi connectivity index (χ2v) is 7.07. The van der Waals surface area contributed by atoms with Crippen molar-refractivity contribution in [1.29, 1.82) is 0 Å². The van der Waals surface area contributed by atoms with Crippen LogP contribution in [0.4, 0.5) is 5.69 Å². The van der Waals surface area contributed by atoms with E-state index in [0.29, 0.717) is 0 Å². The van der Waals surface area contributed by atoms with Gasteiger partial charge in [0.25, 0.3) is 0 Å². The molecule has 110 valence electrons. The van der Waals surface area contributed by atoms with Crippen LogP contribution in [0.5, 0.6) is 5.75 Å². The first-order valence-electron chi connectivity index (χ1n) is 6.47. The lowest BCUT2D eigenvalue weighted by Gasteiger charge is -2.48. The molecule has 0 aliphatic carbocycles. The van der Waals surface area contributed by atoms with Gasteiger partial charge in [-0.25, -0.2) is 13.6 Å². The van der Waals surface area contributed by atoms with Crippen LogP contribution in [0.25, 0.3) is 0 Å². The fourth-order valence-electron chi connectivity index (χ4n) is 2.93. The number of primary sulfonamides is 1. The van der Waals surface area contributed by atoms with Crippen LogP contribution in [0, 0.1) is 5.41 Å². The molecule has 1 aromatic rings. The van der Waals surface area contributed by atoms with Gasteiger partial charge in [0.15, 0.2) is 0 Å². The molecule has 2 aliphatic heterocycles. The van der Waals surface area contributed by atoms with Crippen LogP contribution in [-0.2, 0) is 14.8 Å². The zero-order valence-electron chi connectivity index (χ0n) is 11.3. The summed E-state index contributed by atoms with van der Waals surface area (Å²) >= 11 is 0. The van der Waals surface area contributed by atoms with Gasteiger partial charge in [-0.1, -0.05) is 0 Å². The maximum Gasteiger partial charge on any atom is 0.241 e. The summed E-state index contributed by atoms with van der Waals surface area (Å²) < 4.78 is 33.7. The van der Waals surface area contributed by atoms with Crippen molar-refractivity contribution in [2.24, 2.45) is 10.6 Å². The molecule has 0 amide bonds. The highest BCUT2D eigenvalue weighted by molar-refractivity contribution is 7.89. The molecule has 2 aliphatic rings. The molecule has 0 unspecified atom stereocenters. The van der Waals surface area contributed by atoms with E-state index < -0.39 is 10.0 Å². The Morgan fingerprint density at radius 2 is 2.15 bits per heavy atom. The SMILES string of the molecule is COc1ccc(N2CC3(CCOC3)C2)cc1S(N)(=O)=O. The van der Waals surface area contributed by atoms with E-state index in [9.17, 15) is 8.42 Å². The normalized spacial score (nSPS) is 21.0. The topological polar surface area (TPSA) is 81.9 Å². The zero-order valence-corrected chi connectivity index (χ0v) is 12.1. The second kappa shape index (κ2) is 4.61. The number of benzene rings is 1. The van der Waals surface area contributed by atoms with Crippen molar-refractivity contribution in [1.82, 2.24) is 0 Å². The molecule has 3 rings (SSSR count). The first kappa shape index (κ1) is 13.7. The summed E-state index contributed by atoms with van der Waals surface area (Å²) in [6.45, 7) is 3.40. The summed E-state index contributed by atoms with van der Waals surface area (Å²) in [5.74, 6) is 0.274. The Labute approximate surface area is 118 Å². The first-order chi connectivity index (χ1) is 9.43. The molecule has 2 saturated heterocycles. The summed E-state index contributed by atoms with van der Waals surface area (Å²) in [4.78, 5) is 2.17. The Kier molecular flexibility index (Phi) is 3.15. The summed E-state index contributed by atoms with van der Waals surface area (Å²) in [5, 5.41) is 5.23. The van der Waals surface area contributed by atoms with E-state index in [1.165, 1.54) is 7.11 Å². The largest absolute Gasteiger partial charge is 0.495 e.